The Balaban J connectivity index is 2.53. The molecule has 0 atom stereocenters. The van der Waals surface area contributed by atoms with Gasteiger partial charge in [0.2, 0.25) is 0 Å². The maximum absolute atomic E-state index is 12.0. The first-order valence-corrected chi connectivity index (χ1v) is 8.68. The zero-order chi connectivity index (χ0) is 15.0. The minimum Gasteiger partial charge on any atom is -0.224 e. The number of sulfone groups is 1. The molecule has 0 aliphatic carbocycles. The first-order valence-electron chi connectivity index (χ1n) is 6.96. The highest BCUT2D eigenvalue weighted by atomic mass is 32.2. The Morgan fingerprint density at radius 3 is 2.35 bits per heavy atom. The van der Waals surface area contributed by atoms with E-state index in [-0.39, 0.29) is 5.75 Å². The van der Waals surface area contributed by atoms with E-state index < -0.39 is 9.84 Å². The smallest absolute Gasteiger partial charge is 0.171 e. The summed E-state index contributed by atoms with van der Waals surface area (Å²) in [7, 11) is -3.11. The van der Waals surface area contributed by atoms with Gasteiger partial charge in [-0.2, -0.15) is 0 Å². The van der Waals surface area contributed by atoms with Gasteiger partial charge in [0.1, 0.15) is 0 Å². The predicted molar refractivity (Wildman–Crippen MR) is 86.4 cm³/mol. The van der Waals surface area contributed by atoms with Crippen molar-refractivity contribution in [3.8, 4) is 0 Å². The molecule has 0 fully saturated rings. The summed E-state index contributed by atoms with van der Waals surface area (Å²) < 4.78 is 24.0. The van der Waals surface area contributed by atoms with Crippen LogP contribution in [-0.4, -0.2) is 14.2 Å². The van der Waals surface area contributed by atoms with E-state index in [0.717, 1.165) is 24.0 Å². The van der Waals surface area contributed by atoms with Gasteiger partial charge in [0.25, 0.3) is 0 Å². The normalized spacial score (nSPS) is 12.2. The Morgan fingerprint density at radius 2 is 1.75 bits per heavy atom. The molecule has 0 aliphatic heterocycles. The third kappa shape index (κ3) is 7.29. The molecule has 20 heavy (non-hydrogen) atoms. The molecule has 0 unspecified atom stereocenters. The number of hydrogen-bond donors (Lipinski definition) is 0. The summed E-state index contributed by atoms with van der Waals surface area (Å²) in [5, 5.41) is 1.44. The van der Waals surface area contributed by atoms with Gasteiger partial charge in [0.05, 0.1) is 5.75 Å². The van der Waals surface area contributed by atoms with Gasteiger partial charge < -0.3 is 0 Å². The number of allylic oxidation sites excluding steroid dienone is 3. The maximum atomic E-state index is 12.0. The largest absolute Gasteiger partial charge is 0.224 e. The summed E-state index contributed by atoms with van der Waals surface area (Å²) in [5.41, 5.74) is 3.26. The van der Waals surface area contributed by atoms with Crippen LogP contribution in [0.2, 0.25) is 0 Å². The lowest BCUT2D eigenvalue weighted by molar-refractivity contribution is 0.603. The minimum atomic E-state index is -3.11. The number of aryl methyl sites for hydroxylation is 1. The van der Waals surface area contributed by atoms with Gasteiger partial charge in [0.15, 0.2) is 9.84 Å². The molecule has 0 amide bonds. The lowest BCUT2D eigenvalue weighted by atomic mass is 10.1. The molecule has 110 valence electrons. The van der Waals surface area contributed by atoms with Gasteiger partial charge >= 0.3 is 0 Å². The molecule has 0 saturated carbocycles. The van der Waals surface area contributed by atoms with E-state index in [1.54, 1.807) is 0 Å². The molecule has 0 aliphatic rings. The van der Waals surface area contributed by atoms with Crippen molar-refractivity contribution in [3.63, 3.8) is 0 Å². The third-order valence-electron chi connectivity index (χ3n) is 2.99. The van der Waals surface area contributed by atoms with Gasteiger partial charge in [0, 0.05) is 5.41 Å². The highest BCUT2D eigenvalue weighted by molar-refractivity contribution is 7.94. The van der Waals surface area contributed by atoms with Crippen LogP contribution >= 0.6 is 0 Å². The van der Waals surface area contributed by atoms with Crippen LogP contribution in [0.3, 0.4) is 0 Å². The lowest BCUT2D eigenvalue weighted by Gasteiger charge is -2.03. The van der Waals surface area contributed by atoms with E-state index in [2.05, 4.69) is 19.9 Å². The van der Waals surface area contributed by atoms with Crippen molar-refractivity contribution in [2.24, 2.45) is 0 Å². The van der Waals surface area contributed by atoms with Crippen molar-refractivity contribution in [1.82, 2.24) is 0 Å². The molecule has 1 aromatic carbocycles. The van der Waals surface area contributed by atoms with Gasteiger partial charge in [-0.25, -0.2) is 8.42 Å². The molecule has 3 heteroatoms. The van der Waals surface area contributed by atoms with Crippen LogP contribution < -0.4 is 0 Å². The molecular formula is C17H24O2S. The number of hydrogen-bond acceptors (Lipinski definition) is 2. The molecule has 0 spiro atoms. The Bertz CT molecular complexity index is 562. The van der Waals surface area contributed by atoms with Gasteiger partial charge in [-0.15, -0.1) is 0 Å². The fourth-order valence-electron chi connectivity index (χ4n) is 1.92. The number of benzene rings is 1. The topological polar surface area (TPSA) is 34.1 Å². The van der Waals surface area contributed by atoms with Crippen molar-refractivity contribution >= 4 is 9.84 Å². The van der Waals surface area contributed by atoms with E-state index in [9.17, 15) is 8.42 Å². The van der Waals surface area contributed by atoms with E-state index in [4.69, 9.17) is 0 Å². The second kappa shape index (κ2) is 8.05. The zero-order valence-corrected chi connectivity index (χ0v) is 13.4. The first-order chi connectivity index (χ1) is 9.39. The summed E-state index contributed by atoms with van der Waals surface area (Å²) in [6.07, 6.45) is 4.41. The molecule has 2 nitrogen and oxygen atoms in total. The van der Waals surface area contributed by atoms with Crippen molar-refractivity contribution in [2.75, 3.05) is 5.75 Å². The molecular weight excluding hydrogens is 268 g/mol. The minimum absolute atomic E-state index is 0.178. The SMILES string of the molecule is CC(C)=CCC/C(C)=C/S(=O)(=O)CCc1ccccc1. The second-order valence-corrected chi connectivity index (χ2v) is 7.36. The van der Waals surface area contributed by atoms with E-state index >= 15 is 0 Å². The molecule has 0 N–H and O–H groups in total. The van der Waals surface area contributed by atoms with E-state index in [0.29, 0.717) is 6.42 Å². The van der Waals surface area contributed by atoms with Crippen LogP contribution in [0.25, 0.3) is 0 Å². The van der Waals surface area contributed by atoms with Gasteiger partial charge in [-0.1, -0.05) is 47.6 Å². The highest BCUT2D eigenvalue weighted by Gasteiger charge is 2.08. The van der Waals surface area contributed by atoms with Gasteiger partial charge in [-0.05, 0) is 45.6 Å². The Labute approximate surface area is 123 Å². The lowest BCUT2D eigenvalue weighted by Crippen LogP contribution is -2.06. The quantitative estimate of drug-likeness (QED) is 0.702. The highest BCUT2D eigenvalue weighted by Crippen LogP contribution is 2.11. The van der Waals surface area contributed by atoms with Crippen LogP contribution in [0.1, 0.15) is 39.2 Å². The molecule has 0 radical (unpaired) electrons. The van der Waals surface area contributed by atoms with Gasteiger partial charge in [-0.3, -0.25) is 0 Å². The number of rotatable bonds is 7. The third-order valence-corrected chi connectivity index (χ3v) is 4.52. The maximum Gasteiger partial charge on any atom is 0.171 e. The van der Waals surface area contributed by atoms with Crippen LogP contribution in [-0.2, 0) is 16.3 Å². The summed E-state index contributed by atoms with van der Waals surface area (Å²) in [6.45, 7) is 5.99. The molecule has 1 rings (SSSR count). The van der Waals surface area contributed by atoms with E-state index in [1.807, 2.05) is 37.3 Å². The van der Waals surface area contributed by atoms with Crippen molar-refractivity contribution in [2.45, 2.75) is 40.0 Å². The van der Waals surface area contributed by atoms with Crippen LogP contribution in [0, 0.1) is 0 Å². The Morgan fingerprint density at radius 1 is 1.10 bits per heavy atom. The summed E-state index contributed by atoms with van der Waals surface area (Å²) in [5.74, 6) is 0.178. The predicted octanol–water partition coefficient (Wildman–Crippen LogP) is 4.29. The standard InChI is InChI=1S/C17H24O2S/c1-15(2)8-7-9-16(3)14-20(18,19)13-12-17-10-5-4-6-11-17/h4-6,8,10-11,14H,7,9,12-13H2,1-3H3/b16-14+. The van der Waals surface area contributed by atoms with Crippen LogP contribution in [0.5, 0.6) is 0 Å². The van der Waals surface area contributed by atoms with Crippen molar-refractivity contribution in [3.05, 3.63) is 58.5 Å². The molecule has 1 aromatic rings. The Kier molecular flexibility index (Phi) is 6.73. The molecule has 0 heterocycles. The molecule has 0 aromatic heterocycles. The molecule has 0 saturated heterocycles. The second-order valence-electron chi connectivity index (χ2n) is 5.39. The fraction of sp³-hybridized carbons (Fsp3) is 0.412. The van der Waals surface area contributed by atoms with Crippen LogP contribution in [0.4, 0.5) is 0 Å². The Hall–Kier alpha value is -1.35. The van der Waals surface area contributed by atoms with Crippen molar-refractivity contribution < 1.29 is 8.42 Å². The summed E-state index contributed by atoms with van der Waals surface area (Å²) in [6, 6.07) is 9.72. The molecule has 0 bridgehead atoms. The zero-order valence-electron chi connectivity index (χ0n) is 12.6. The summed E-state index contributed by atoms with van der Waals surface area (Å²) in [4.78, 5) is 0. The summed E-state index contributed by atoms with van der Waals surface area (Å²) >= 11 is 0. The van der Waals surface area contributed by atoms with Crippen molar-refractivity contribution in [1.29, 1.82) is 0 Å². The first kappa shape index (κ1) is 16.7. The average Bonchev–Trinajstić information content (AvgIpc) is 2.37. The monoisotopic (exact) mass is 292 g/mol. The van der Waals surface area contributed by atoms with Crippen LogP contribution in [0.15, 0.2) is 53.0 Å². The average molecular weight is 292 g/mol. The fourth-order valence-corrected chi connectivity index (χ4v) is 3.29. The van der Waals surface area contributed by atoms with E-state index in [1.165, 1.54) is 11.0 Å².